The third kappa shape index (κ3) is 2.89. The van der Waals surface area contributed by atoms with Crippen molar-refractivity contribution < 1.29 is 9.50 Å². The van der Waals surface area contributed by atoms with Crippen molar-refractivity contribution in [2.24, 2.45) is 0 Å². The molecular weight excluding hydrogens is 281 g/mol. The topological polar surface area (TPSA) is 50.9 Å². The van der Waals surface area contributed by atoms with Gasteiger partial charge in [0.05, 0.1) is 17.0 Å². The highest BCUT2D eigenvalue weighted by molar-refractivity contribution is 5.54. The Hall–Kier alpha value is -2.53. The molecule has 0 fully saturated rings. The lowest BCUT2D eigenvalue weighted by Gasteiger charge is -2.16. The summed E-state index contributed by atoms with van der Waals surface area (Å²) >= 11 is 0. The van der Waals surface area contributed by atoms with Crippen LogP contribution >= 0.6 is 0 Å². The molecule has 4 nitrogen and oxygen atoms in total. The molecule has 0 aliphatic rings. The number of aliphatic hydroxyl groups is 1. The number of pyridine rings is 1. The maximum Gasteiger partial charge on any atom is 0.123 e. The Bertz CT molecular complexity index is 771. The maximum absolute atomic E-state index is 12.9. The van der Waals surface area contributed by atoms with Crippen LogP contribution in [0.15, 0.2) is 54.9 Å². The summed E-state index contributed by atoms with van der Waals surface area (Å²) in [6, 6.07) is 11.6. The molecule has 0 aliphatic carbocycles. The highest BCUT2D eigenvalue weighted by atomic mass is 19.1. The van der Waals surface area contributed by atoms with E-state index in [1.165, 1.54) is 12.1 Å². The second-order valence-corrected chi connectivity index (χ2v) is 5.61. The summed E-state index contributed by atoms with van der Waals surface area (Å²) < 4.78 is 14.6. The van der Waals surface area contributed by atoms with E-state index in [4.69, 9.17) is 0 Å². The molecule has 0 saturated heterocycles. The Morgan fingerprint density at radius 2 is 1.73 bits per heavy atom. The molecule has 0 bridgehead atoms. The van der Waals surface area contributed by atoms with E-state index >= 15 is 0 Å². The van der Waals surface area contributed by atoms with Crippen LogP contribution in [0.1, 0.15) is 19.4 Å². The van der Waals surface area contributed by atoms with Gasteiger partial charge in [-0.3, -0.25) is 4.98 Å². The van der Waals surface area contributed by atoms with Crippen molar-refractivity contribution in [2.45, 2.75) is 19.4 Å². The Kier molecular flexibility index (Phi) is 3.50. The molecule has 0 aliphatic heterocycles. The molecular formula is C17H16FN3O. The second kappa shape index (κ2) is 5.35. The van der Waals surface area contributed by atoms with Gasteiger partial charge in [-0.05, 0) is 50.2 Å². The third-order valence-electron chi connectivity index (χ3n) is 3.41. The first-order valence-corrected chi connectivity index (χ1v) is 6.94. The van der Waals surface area contributed by atoms with Crippen molar-refractivity contribution in [2.75, 3.05) is 0 Å². The van der Waals surface area contributed by atoms with E-state index in [-0.39, 0.29) is 5.82 Å². The van der Waals surface area contributed by atoms with Crippen LogP contribution in [0.2, 0.25) is 0 Å². The Morgan fingerprint density at radius 1 is 1.00 bits per heavy atom. The molecule has 0 amide bonds. The second-order valence-electron chi connectivity index (χ2n) is 5.61. The fourth-order valence-electron chi connectivity index (χ4n) is 2.11. The monoisotopic (exact) mass is 297 g/mol. The fraction of sp³-hybridized carbons (Fsp3) is 0.176. The molecule has 112 valence electrons. The summed E-state index contributed by atoms with van der Waals surface area (Å²) in [4.78, 5) is 4.34. The van der Waals surface area contributed by atoms with Crippen LogP contribution < -0.4 is 0 Å². The Morgan fingerprint density at radius 3 is 2.32 bits per heavy atom. The molecule has 0 radical (unpaired) electrons. The predicted molar refractivity (Wildman–Crippen MR) is 82.0 cm³/mol. The minimum atomic E-state index is -0.918. The lowest BCUT2D eigenvalue weighted by molar-refractivity contribution is 0.0782. The van der Waals surface area contributed by atoms with Gasteiger partial charge in [-0.25, -0.2) is 9.07 Å². The number of benzene rings is 1. The normalized spacial score (nSPS) is 11.6. The summed E-state index contributed by atoms with van der Waals surface area (Å²) in [5.74, 6) is -0.278. The van der Waals surface area contributed by atoms with Gasteiger partial charge in [0.15, 0.2) is 0 Å². The number of aromatic nitrogens is 3. The first-order chi connectivity index (χ1) is 10.4. The van der Waals surface area contributed by atoms with Gasteiger partial charge in [0.2, 0.25) is 0 Å². The van der Waals surface area contributed by atoms with E-state index in [0.29, 0.717) is 11.4 Å². The highest BCUT2D eigenvalue weighted by Gasteiger charge is 2.16. The zero-order chi connectivity index (χ0) is 15.7. The minimum Gasteiger partial charge on any atom is -0.386 e. The summed E-state index contributed by atoms with van der Waals surface area (Å²) in [6.07, 6.45) is 3.44. The third-order valence-corrected chi connectivity index (χ3v) is 3.41. The van der Waals surface area contributed by atoms with E-state index in [0.717, 1.165) is 11.3 Å². The zero-order valence-electron chi connectivity index (χ0n) is 12.4. The van der Waals surface area contributed by atoms with Crippen molar-refractivity contribution in [3.8, 4) is 17.1 Å². The first kappa shape index (κ1) is 14.4. The number of halogens is 1. The largest absolute Gasteiger partial charge is 0.386 e. The molecule has 2 heterocycles. The van der Waals surface area contributed by atoms with Crippen LogP contribution in [0.25, 0.3) is 17.1 Å². The van der Waals surface area contributed by atoms with E-state index in [9.17, 15) is 9.50 Å². The van der Waals surface area contributed by atoms with Crippen molar-refractivity contribution in [1.82, 2.24) is 14.8 Å². The van der Waals surface area contributed by atoms with Gasteiger partial charge in [0, 0.05) is 18.0 Å². The number of nitrogens with zero attached hydrogens (tertiary/aromatic N) is 3. The minimum absolute atomic E-state index is 0.278. The van der Waals surface area contributed by atoms with Crippen LogP contribution in [0.5, 0.6) is 0 Å². The first-order valence-electron chi connectivity index (χ1n) is 6.94. The summed E-state index contributed by atoms with van der Waals surface area (Å²) in [5, 5.41) is 14.4. The van der Waals surface area contributed by atoms with Crippen molar-refractivity contribution in [1.29, 1.82) is 0 Å². The summed E-state index contributed by atoms with van der Waals surface area (Å²) in [7, 11) is 0. The molecule has 0 unspecified atom stereocenters. The van der Waals surface area contributed by atoms with Crippen LogP contribution in [0.3, 0.4) is 0 Å². The van der Waals surface area contributed by atoms with Crippen LogP contribution in [-0.2, 0) is 5.60 Å². The Labute approximate surface area is 127 Å². The van der Waals surface area contributed by atoms with Gasteiger partial charge < -0.3 is 5.11 Å². The van der Waals surface area contributed by atoms with Crippen LogP contribution in [0.4, 0.5) is 4.39 Å². The molecule has 0 atom stereocenters. The van der Waals surface area contributed by atoms with Gasteiger partial charge >= 0.3 is 0 Å². The highest BCUT2D eigenvalue weighted by Crippen LogP contribution is 2.22. The molecule has 22 heavy (non-hydrogen) atoms. The Balaban J connectivity index is 1.89. The average molecular weight is 297 g/mol. The van der Waals surface area contributed by atoms with E-state index < -0.39 is 5.60 Å². The maximum atomic E-state index is 12.9. The zero-order valence-corrected chi connectivity index (χ0v) is 12.4. The lowest BCUT2D eigenvalue weighted by atomic mass is 10.0. The van der Waals surface area contributed by atoms with Crippen molar-refractivity contribution >= 4 is 0 Å². The summed E-state index contributed by atoms with van der Waals surface area (Å²) in [5.41, 5.74) is 2.04. The van der Waals surface area contributed by atoms with Crippen molar-refractivity contribution in [3.05, 3.63) is 66.2 Å². The molecule has 0 saturated carbocycles. The van der Waals surface area contributed by atoms with E-state index in [1.54, 1.807) is 43.1 Å². The van der Waals surface area contributed by atoms with Gasteiger partial charge in [-0.2, -0.15) is 5.10 Å². The van der Waals surface area contributed by atoms with E-state index in [2.05, 4.69) is 10.1 Å². The van der Waals surface area contributed by atoms with Crippen LogP contribution in [-0.4, -0.2) is 19.9 Å². The van der Waals surface area contributed by atoms with Crippen molar-refractivity contribution in [3.63, 3.8) is 0 Å². The summed E-state index contributed by atoms with van der Waals surface area (Å²) in [6.45, 7) is 3.43. The van der Waals surface area contributed by atoms with Gasteiger partial charge in [-0.15, -0.1) is 0 Å². The number of hydrogen-bond acceptors (Lipinski definition) is 3. The molecule has 1 N–H and O–H groups in total. The average Bonchev–Trinajstić information content (AvgIpc) is 2.97. The number of rotatable bonds is 3. The number of hydrogen-bond donors (Lipinski definition) is 1. The molecule has 2 aromatic heterocycles. The molecule has 1 aromatic carbocycles. The van der Waals surface area contributed by atoms with Gasteiger partial charge in [0.25, 0.3) is 0 Å². The van der Waals surface area contributed by atoms with Gasteiger partial charge in [0.1, 0.15) is 11.5 Å². The molecule has 0 spiro atoms. The van der Waals surface area contributed by atoms with E-state index in [1.807, 2.05) is 18.2 Å². The fourth-order valence-corrected chi connectivity index (χ4v) is 2.11. The molecule has 5 heteroatoms. The smallest absolute Gasteiger partial charge is 0.123 e. The quantitative estimate of drug-likeness (QED) is 0.807. The van der Waals surface area contributed by atoms with Crippen LogP contribution in [0, 0.1) is 5.82 Å². The SMILES string of the molecule is CC(C)(O)c1ccc(-c2ccn(-c3ccc(F)cc3)n2)nc1. The van der Waals surface area contributed by atoms with Gasteiger partial charge in [-0.1, -0.05) is 6.07 Å². The molecule has 3 aromatic rings. The molecule has 3 rings (SSSR count). The predicted octanol–water partition coefficient (Wildman–Crippen LogP) is 3.30. The standard InChI is InChI=1S/C17H16FN3O/c1-17(2,22)12-3-8-15(19-11-12)16-9-10-21(20-16)14-6-4-13(18)5-7-14/h3-11,22H,1-2H3. The lowest BCUT2D eigenvalue weighted by Crippen LogP contribution is -2.15.